The number of ether oxygens (including phenoxy) is 1. The zero-order chi connectivity index (χ0) is 27.4. The molecule has 4 rings (SSSR count). The van der Waals surface area contributed by atoms with Gasteiger partial charge in [-0.25, -0.2) is 13.2 Å². The monoisotopic (exact) mass is 562 g/mol. The SMILES string of the molecule is CCOC(=O)N1CCc2c(sc(NC(=O)c3ccc(S(=O)(=O)N(C)C4CCCCC4)cc3)c2C(=O)NC)C1. The summed E-state index contributed by atoms with van der Waals surface area (Å²) in [5, 5.41) is 5.84. The number of thiophene rings is 1. The van der Waals surface area contributed by atoms with E-state index in [0.29, 0.717) is 30.1 Å². The smallest absolute Gasteiger partial charge is 0.410 e. The average molecular weight is 563 g/mol. The molecule has 3 amide bonds. The van der Waals surface area contributed by atoms with E-state index in [0.717, 1.165) is 42.5 Å². The molecule has 1 fully saturated rings. The molecule has 0 atom stereocenters. The molecule has 2 aliphatic rings. The number of hydrogen-bond donors (Lipinski definition) is 2. The molecule has 0 bridgehead atoms. The normalized spacial score (nSPS) is 16.2. The van der Waals surface area contributed by atoms with Gasteiger partial charge in [-0.1, -0.05) is 19.3 Å². The van der Waals surface area contributed by atoms with Crippen LogP contribution in [0.2, 0.25) is 0 Å². The molecule has 0 unspecified atom stereocenters. The van der Waals surface area contributed by atoms with E-state index in [1.807, 2.05) is 0 Å². The molecule has 2 N–H and O–H groups in total. The third-order valence-corrected chi connectivity index (χ3v) is 10.2. The number of anilines is 1. The lowest BCUT2D eigenvalue weighted by molar-refractivity contribution is 0.0961. The van der Waals surface area contributed by atoms with E-state index in [-0.39, 0.29) is 29.0 Å². The number of amides is 3. The lowest BCUT2D eigenvalue weighted by atomic mass is 9.96. The third kappa shape index (κ3) is 5.71. The Hall–Kier alpha value is -2.96. The number of sulfonamides is 1. The van der Waals surface area contributed by atoms with Gasteiger partial charge < -0.3 is 20.3 Å². The molecular weight excluding hydrogens is 528 g/mol. The van der Waals surface area contributed by atoms with Crippen molar-refractivity contribution < 1.29 is 27.5 Å². The third-order valence-electron chi connectivity index (χ3n) is 7.15. The molecule has 0 spiro atoms. The molecule has 0 radical (unpaired) electrons. The molecule has 38 heavy (non-hydrogen) atoms. The standard InChI is InChI=1S/C26H34N4O6S2/c1-4-36-26(33)30-15-14-20-21(16-30)37-25(22(20)24(32)27-2)28-23(31)17-10-12-19(13-11-17)38(34,35)29(3)18-8-6-5-7-9-18/h10-13,18H,4-9,14-16H2,1-3H3,(H,27,32)(H,28,31). The summed E-state index contributed by atoms with van der Waals surface area (Å²) in [6.07, 6.45) is 4.93. The van der Waals surface area contributed by atoms with E-state index in [1.54, 1.807) is 18.9 Å². The van der Waals surface area contributed by atoms with Gasteiger partial charge in [0.05, 0.1) is 23.6 Å². The molecule has 12 heteroatoms. The quantitative estimate of drug-likeness (QED) is 0.529. The molecule has 1 aliphatic heterocycles. The Morgan fingerprint density at radius 1 is 1.11 bits per heavy atom. The van der Waals surface area contributed by atoms with Gasteiger partial charge in [-0.2, -0.15) is 4.31 Å². The highest BCUT2D eigenvalue weighted by atomic mass is 32.2. The first-order valence-electron chi connectivity index (χ1n) is 12.8. The topological polar surface area (TPSA) is 125 Å². The summed E-state index contributed by atoms with van der Waals surface area (Å²) in [6.45, 7) is 2.71. The first-order valence-corrected chi connectivity index (χ1v) is 15.1. The Morgan fingerprint density at radius 2 is 1.79 bits per heavy atom. The fourth-order valence-electron chi connectivity index (χ4n) is 4.99. The van der Waals surface area contributed by atoms with E-state index >= 15 is 0 Å². The van der Waals surface area contributed by atoms with Crippen LogP contribution in [0.15, 0.2) is 29.2 Å². The van der Waals surface area contributed by atoms with Gasteiger partial charge in [0, 0.05) is 37.1 Å². The van der Waals surface area contributed by atoms with Crippen LogP contribution in [0.1, 0.15) is 70.2 Å². The van der Waals surface area contributed by atoms with E-state index in [4.69, 9.17) is 4.74 Å². The van der Waals surface area contributed by atoms with E-state index in [2.05, 4.69) is 10.6 Å². The molecule has 2 aromatic rings. The molecule has 2 heterocycles. The van der Waals surface area contributed by atoms with Crippen molar-refractivity contribution in [1.82, 2.24) is 14.5 Å². The molecule has 1 aliphatic carbocycles. The van der Waals surface area contributed by atoms with Gasteiger partial charge in [-0.15, -0.1) is 11.3 Å². The van der Waals surface area contributed by atoms with Crippen molar-refractivity contribution in [3.63, 3.8) is 0 Å². The number of carbonyl (C=O) groups excluding carboxylic acids is 3. The maximum Gasteiger partial charge on any atom is 0.410 e. The van der Waals surface area contributed by atoms with Gasteiger partial charge in [-0.05, 0) is 56.0 Å². The van der Waals surface area contributed by atoms with Crippen LogP contribution >= 0.6 is 11.3 Å². The van der Waals surface area contributed by atoms with Crippen LogP contribution in [0.5, 0.6) is 0 Å². The van der Waals surface area contributed by atoms with E-state index in [9.17, 15) is 22.8 Å². The maximum atomic E-state index is 13.1. The number of nitrogens with zero attached hydrogens (tertiary/aromatic N) is 2. The predicted molar refractivity (Wildman–Crippen MR) is 145 cm³/mol. The molecule has 206 valence electrons. The van der Waals surface area contributed by atoms with Crippen LogP contribution in [0.25, 0.3) is 0 Å². The molecule has 0 saturated heterocycles. The van der Waals surface area contributed by atoms with Crippen molar-refractivity contribution >= 4 is 44.3 Å². The second-order valence-electron chi connectivity index (χ2n) is 9.45. The number of carbonyl (C=O) groups is 3. The summed E-state index contributed by atoms with van der Waals surface area (Å²) in [6, 6.07) is 5.84. The Bertz CT molecular complexity index is 1300. The Balaban J connectivity index is 1.52. The number of benzene rings is 1. The highest BCUT2D eigenvalue weighted by molar-refractivity contribution is 7.89. The van der Waals surface area contributed by atoms with Crippen LogP contribution in [-0.4, -0.2) is 68.8 Å². The van der Waals surface area contributed by atoms with E-state index < -0.39 is 22.0 Å². The van der Waals surface area contributed by atoms with Gasteiger partial charge in [0.15, 0.2) is 0 Å². The summed E-state index contributed by atoms with van der Waals surface area (Å²) < 4.78 is 32.8. The lowest BCUT2D eigenvalue weighted by Crippen LogP contribution is -2.38. The number of rotatable bonds is 7. The molecule has 1 aromatic carbocycles. The van der Waals surface area contributed by atoms with Crippen molar-refractivity contribution in [2.45, 2.75) is 62.9 Å². The second kappa shape index (κ2) is 11.8. The summed E-state index contributed by atoms with van der Waals surface area (Å²) in [4.78, 5) is 40.5. The Morgan fingerprint density at radius 3 is 2.42 bits per heavy atom. The number of fused-ring (bicyclic) bond motifs is 1. The van der Waals surface area contributed by atoms with Crippen LogP contribution in [0, 0.1) is 0 Å². The zero-order valence-electron chi connectivity index (χ0n) is 21.9. The average Bonchev–Trinajstić information content (AvgIpc) is 3.29. The highest BCUT2D eigenvalue weighted by Crippen LogP contribution is 2.37. The van der Waals surface area contributed by atoms with Crippen molar-refractivity contribution in [3.8, 4) is 0 Å². The largest absolute Gasteiger partial charge is 0.450 e. The van der Waals surface area contributed by atoms with Gasteiger partial charge in [0.1, 0.15) is 5.00 Å². The second-order valence-corrected chi connectivity index (χ2v) is 12.6. The van der Waals surface area contributed by atoms with Crippen molar-refractivity contribution in [1.29, 1.82) is 0 Å². The first-order chi connectivity index (χ1) is 18.2. The molecule has 10 nitrogen and oxygen atoms in total. The van der Waals surface area contributed by atoms with E-state index in [1.165, 1.54) is 47.0 Å². The molecule has 1 saturated carbocycles. The van der Waals surface area contributed by atoms with Crippen molar-refractivity contribution in [3.05, 3.63) is 45.8 Å². The van der Waals surface area contributed by atoms with Gasteiger partial charge >= 0.3 is 6.09 Å². The summed E-state index contributed by atoms with van der Waals surface area (Å²) in [5.74, 6) is -0.782. The van der Waals surface area contributed by atoms with Crippen LogP contribution < -0.4 is 10.6 Å². The fraction of sp³-hybridized carbons (Fsp3) is 0.500. The fourth-order valence-corrected chi connectivity index (χ4v) is 7.66. The molecule has 1 aromatic heterocycles. The minimum atomic E-state index is -3.67. The highest BCUT2D eigenvalue weighted by Gasteiger charge is 2.31. The number of nitrogens with one attached hydrogen (secondary N) is 2. The van der Waals surface area contributed by atoms with Gasteiger partial charge in [0.25, 0.3) is 11.8 Å². The van der Waals surface area contributed by atoms with Gasteiger partial charge in [0.2, 0.25) is 10.0 Å². The Kier molecular flexibility index (Phi) is 8.74. The summed E-state index contributed by atoms with van der Waals surface area (Å²) in [5.41, 5.74) is 1.46. The lowest BCUT2D eigenvalue weighted by Gasteiger charge is -2.30. The maximum absolute atomic E-state index is 13.1. The Labute approximate surface area is 227 Å². The summed E-state index contributed by atoms with van der Waals surface area (Å²) >= 11 is 1.25. The number of hydrogen-bond acceptors (Lipinski definition) is 7. The van der Waals surface area contributed by atoms with Gasteiger partial charge in [-0.3, -0.25) is 9.59 Å². The minimum Gasteiger partial charge on any atom is -0.450 e. The minimum absolute atomic E-state index is 0.00975. The zero-order valence-corrected chi connectivity index (χ0v) is 23.5. The van der Waals surface area contributed by atoms with Crippen molar-refractivity contribution in [2.75, 3.05) is 32.6 Å². The summed E-state index contributed by atoms with van der Waals surface area (Å²) in [7, 11) is -0.530. The predicted octanol–water partition coefficient (Wildman–Crippen LogP) is 3.83. The van der Waals surface area contributed by atoms with Crippen LogP contribution in [-0.2, 0) is 27.7 Å². The molecular formula is C26H34N4O6S2. The van der Waals surface area contributed by atoms with Crippen molar-refractivity contribution in [2.24, 2.45) is 0 Å². The van der Waals surface area contributed by atoms with Crippen LogP contribution in [0.3, 0.4) is 0 Å². The van der Waals surface area contributed by atoms with Crippen LogP contribution in [0.4, 0.5) is 9.80 Å². The first kappa shape index (κ1) is 28.1.